The standard InChI is InChI=1S/C26H26N4O3/c1-4-16-8-10-17(11-9-16)23-20(15-27)25(28)29(18-6-5-7-19(12-18)30(32)33)21-13-26(2,3)14-22(31)24(21)23/h5-12,23H,4,13-14,28H2,1-3H3. The Morgan fingerprint density at radius 2 is 1.91 bits per heavy atom. The fourth-order valence-electron chi connectivity index (χ4n) is 4.83. The summed E-state index contributed by atoms with van der Waals surface area (Å²) in [7, 11) is 0. The predicted octanol–water partition coefficient (Wildman–Crippen LogP) is 5.10. The van der Waals surface area contributed by atoms with E-state index < -0.39 is 10.8 Å². The van der Waals surface area contributed by atoms with Crippen molar-refractivity contribution >= 4 is 17.2 Å². The minimum absolute atomic E-state index is 0.0264. The van der Waals surface area contributed by atoms with E-state index >= 15 is 0 Å². The highest BCUT2D eigenvalue weighted by Crippen LogP contribution is 2.50. The van der Waals surface area contributed by atoms with Gasteiger partial charge in [0.25, 0.3) is 5.69 Å². The molecule has 0 radical (unpaired) electrons. The van der Waals surface area contributed by atoms with Crippen molar-refractivity contribution in [1.29, 1.82) is 5.26 Å². The molecule has 2 aliphatic rings. The summed E-state index contributed by atoms with van der Waals surface area (Å²) in [6, 6.07) is 16.3. The van der Waals surface area contributed by atoms with Crippen molar-refractivity contribution in [3.63, 3.8) is 0 Å². The third kappa shape index (κ3) is 3.89. The van der Waals surface area contributed by atoms with Crippen LogP contribution in [0.25, 0.3) is 0 Å². The number of carbonyl (C=O) groups is 1. The molecule has 2 aromatic carbocycles. The first-order valence-electron chi connectivity index (χ1n) is 11.0. The largest absolute Gasteiger partial charge is 0.384 e. The number of nitrogens with two attached hydrogens (primary N) is 1. The first-order chi connectivity index (χ1) is 15.7. The lowest BCUT2D eigenvalue weighted by Gasteiger charge is -2.43. The van der Waals surface area contributed by atoms with Crippen molar-refractivity contribution in [2.45, 2.75) is 46.0 Å². The number of hydrogen-bond donors (Lipinski definition) is 1. The molecule has 0 saturated carbocycles. The lowest BCUT2D eigenvalue weighted by molar-refractivity contribution is -0.384. The van der Waals surface area contributed by atoms with E-state index in [9.17, 15) is 20.2 Å². The maximum Gasteiger partial charge on any atom is 0.271 e. The highest BCUT2D eigenvalue weighted by atomic mass is 16.6. The topological polar surface area (TPSA) is 113 Å². The van der Waals surface area contributed by atoms with Crippen LogP contribution in [0, 0.1) is 26.9 Å². The normalized spacial score (nSPS) is 19.9. The van der Waals surface area contributed by atoms with Crippen molar-refractivity contribution < 1.29 is 9.72 Å². The average Bonchev–Trinajstić information content (AvgIpc) is 2.77. The fraction of sp³-hybridized carbons (Fsp3) is 0.308. The minimum atomic E-state index is -0.561. The summed E-state index contributed by atoms with van der Waals surface area (Å²) >= 11 is 0. The molecule has 0 saturated heterocycles. The Morgan fingerprint density at radius 1 is 1.21 bits per heavy atom. The van der Waals surface area contributed by atoms with Crippen molar-refractivity contribution in [2.75, 3.05) is 4.90 Å². The van der Waals surface area contributed by atoms with Gasteiger partial charge in [0.1, 0.15) is 5.82 Å². The number of ketones is 1. The molecule has 33 heavy (non-hydrogen) atoms. The summed E-state index contributed by atoms with van der Waals surface area (Å²) in [6.07, 6.45) is 1.80. The van der Waals surface area contributed by atoms with E-state index in [1.54, 1.807) is 17.0 Å². The highest BCUT2D eigenvalue weighted by molar-refractivity contribution is 6.01. The third-order valence-electron chi connectivity index (χ3n) is 6.40. The summed E-state index contributed by atoms with van der Waals surface area (Å²) in [5.41, 5.74) is 10.2. The number of hydrogen-bond acceptors (Lipinski definition) is 6. The van der Waals surface area contributed by atoms with Gasteiger partial charge in [0.15, 0.2) is 5.78 Å². The maximum absolute atomic E-state index is 13.5. The molecule has 0 spiro atoms. The SMILES string of the molecule is CCc1ccc(C2C(C#N)=C(N)N(c3cccc([N+](=O)[O-])c3)C3=C2C(=O)CC(C)(C)C3)cc1. The zero-order valence-electron chi connectivity index (χ0n) is 19.0. The summed E-state index contributed by atoms with van der Waals surface area (Å²) in [6.45, 7) is 6.11. The van der Waals surface area contributed by atoms with Crippen LogP contribution in [0.5, 0.6) is 0 Å². The zero-order valence-corrected chi connectivity index (χ0v) is 19.0. The molecule has 0 fully saturated rings. The molecule has 2 N–H and O–H groups in total. The van der Waals surface area contributed by atoms with Gasteiger partial charge in [0.05, 0.1) is 28.2 Å². The Morgan fingerprint density at radius 3 is 2.52 bits per heavy atom. The summed E-state index contributed by atoms with van der Waals surface area (Å²) < 4.78 is 0. The van der Waals surface area contributed by atoms with E-state index in [1.807, 2.05) is 38.1 Å². The molecule has 0 aromatic heterocycles. The van der Waals surface area contributed by atoms with Crippen LogP contribution in [0.4, 0.5) is 11.4 Å². The molecule has 2 aromatic rings. The number of nitro groups is 1. The van der Waals surface area contributed by atoms with Crippen LogP contribution in [0.1, 0.15) is 50.7 Å². The molecule has 7 heteroatoms. The molecular formula is C26H26N4O3. The average molecular weight is 443 g/mol. The van der Waals surface area contributed by atoms with Crippen molar-refractivity contribution in [3.05, 3.63) is 92.4 Å². The number of non-ortho nitro benzene ring substituents is 1. The first-order valence-corrected chi connectivity index (χ1v) is 11.0. The number of aryl methyl sites for hydroxylation is 1. The Labute approximate surface area is 193 Å². The Bertz CT molecular complexity index is 1250. The summed E-state index contributed by atoms with van der Waals surface area (Å²) in [5.74, 6) is -0.386. The summed E-state index contributed by atoms with van der Waals surface area (Å²) in [4.78, 5) is 26.1. The van der Waals surface area contributed by atoms with Gasteiger partial charge in [-0.1, -0.05) is 51.1 Å². The first kappa shape index (κ1) is 22.3. The number of nitro benzene ring substituents is 1. The molecule has 1 heterocycles. The van der Waals surface area contributed by atoms with Crippen molar-refractivity contribution in [2.24, 2.45) is 11.1 Å². The second-order valence-electron chi connectivity index (χ2n) is 9.35. The molecule has 1 atom stereocenters. The molecule has 4 rings (SSSR count). The number of anilines is 1. The third-order valence-corrected chi connectivity index (χ3v) is 6.40. The van der Waals surface area contributed by atoms with Crippen LogP contribution >= 0.6 is 0 Å². The van der Waals surface area contributed by atoms with Gasteiger partial charge in [-0.05, 0) is 35.4 Å². The molecular weight excluding hydrogens is 416 g/mol. The lowest BCUT2D eigenvalue weighted by Crippen LogP contribution is -2.42. The molecule has 168 valence electrons. The fourth-order valence-corrected chi connectivity index (χ4v) is 4.83. The van der Waals surface area contributed by atoms with Crippen molar-refractivity contribution in [1.82, 2.24) is 0 Å². The van der Waals surface area contributed by atoms with E-state index in [1.165, 1.54) is 12.1 Å². The maximum atomic E-state index is 13.5. The number of Topliss-reactive ketones (excluding diaryl/α,β-unsaturated/α-hetero) is 1. The Hall–Kier alpha value is -3.92. The van der Waals surface area contributed by atoms with Crippen LogP contribution in [0.3, 0.4) is 0 Å². The van der Waals surface area contributed by atoms with Crippen molar-refractivity contribution in [3.8, 4) is 6.07 Å². The monoisotopic (exact) mass is 442 g/mol. The predicted molar refractivity (Wildman–Crippen MR) is 126 cm³/mol. The molecule has 0 bridgehead atoms. The lowest BCUT2D eigenvalue weighted by atomic mass is 9.68. The van der Waals surface area contributed by atoms with E-state index in [0.29, 0.717) is 29.8 Å². The Balaban J connectivity index is 1.97. The number of allylic oxidation sites excluding steroid dienone is 3. The zero-order chi connectivity index (χ0) is 23.9. The van der Waals surface area contributed by atoms with Crippen LogP contribution in [-0.4, -0.2) is 10.7 Å². The van der Waals surface area contributed by atoms with Crippen LogP contribution in [-0.2, 0) is 11.2 Å². The van der Waals surface area contributed by atoms with E-state index in [0.717, 1.165) is 17.5 Å². The minimum Gasteiger partial charge on any atom is -0.384 e. The smallest absolute Gasteiger partial charge is 0.271 e. The van der Waals surface area contributed by atoms with Gasteiger partial charge < -0.3 is 5.73 Å². The number of nitriles is 1. The van der Waals surface area contributed by atoms with Gasteiger partial charge in [-0.3, -0.25) is 19.8 Å². The Kier molecular flexibility index (Phi) is 5.54. The number of benzene rings is 2. The number of nitrogens with zero attached hydrogens (tertiary/aromatic N) is 3. The molecule has 7 nitrogen and oxygen atoms in total. The van der Waals surface area contributed by atoms with Crippen LogP contribution in [0.15, 0.2) is 71.2 Å². The van der Waals surface area contributed by atoms with E-state index in [4.69, 9.17) is 5.73 Å². The van der Waals surface area contributed by atoms with Gasteiger partial charge >= 0.3 is 0 Å². The van der Waals surface area contributed by atoms with E-state index in [2.05, 4.69) is 13.0 Å². The second kappa shape index (κ2) is 8.21. The second-order valence-corrected chi connectivity index (χ2v) is 9.35. The summed E-state index contributed by atoms with van der Waals surface area (Å²) in [5, 5.41) is 21.5. The van der Waals surface area contributed by atoms with Crippen LogP contribution < -0.4 is 10.6 Å². The van der Waals surface area contributed by atoms with E-state index in [-0.39, 0.29) is 28.3 Å². The number of carbonyl (C=O) groups excluding carboxylic acids is 1. The molecule has 0 amide bonds. The van der Waals surface area contributed by atoms with Gasteiger partial charge in [0, 0.05) is 29.8 Å². The van der Waals surface area contributed by atoms with Gasteiger partial charge in [-0.2, -0.15) is 5.26 Å². The molecule has 1 aliphatic carbocycles. The highest BCUT2D eigenvalue weighted by Gasteiger charge is 2.44. The van der Waals surface area contributed by atoms with Gasteiger partial charge in [0.2, 0.25) is 0 Å². The quantitative estimate of drug-likeness (QED) is 0.521. The van der Waals surface area contributed by atoms with Gasteiger partial charge in [-0.15, -0.1) is 0 Å². The van der Waals surface area contributed by atoms with Gasteiger partial charge in [-0.25, -0.2) is 0 Å². The molecule has 1 aliphatic heterocycles. The van der Waals surface area contributed by atoms with Crippen LogP contribution in [0.2, 0.25) is 0 Å². The molecule has 1 unspecified atom stereocenters. The number of rotatable bonds is 4.